The van der Waals surface area contributed by atoms with Crippen molar-refractivity contribution in [2.24, 2.45) is 5.92 Å². The number of benzene rings is 2. The van der Waals surface area contributed by atoms with Crippen LogP contribution in [-0.4, -0.2) is 43.3 Å². The van der Waals surface area contributed by atoms with Crippen molar-refractivity contribution in [3.63, 3.8) is 0 Å². The molecule has 31 heavy (non-hydrogen) atoms. The number of hydrogen-bond acceptors (Lipinski definition) is 4. The lowest BCUT2D eigenvalue weighted by molar-refractivity contribution is -0.0498. The molecule has 2 aromatic rings. The fourth-order valence-corrected chi connectivity index (χ4v) is 5.12. The molecule has 0 radical (unpaired) electrons. The molecule has 2 atom stereocenters. The van der Waals surface area contributed by atoms with Crippen LogP contribution in [0.1, 0.15) is 36.4 Å². The lowest BCUT2D eigenvalue weighted by Gasteiger charge is -2.43. The molecule has 0 spiro atoms. The molecule has 2 bridgehead atoms. The van der Waals surface area contributed by atoms with Gasteiger partial charge in [-0.15, -0.1) is 0 Å². The van der Waals surface area contributed by atoms with Gasteiger partial charge in [0.15, 0.2) is 0 Å². The Morgan fingerprint density at radius 3 is 2.45 bits per heavy atom. The lowest BCUT2D eigenvalue weighted by Crippen LogP contribution is -2.52. The van der Waals surface area contributed by atoms with Crippen LogP contribution in [0.25, 0.3) is 11.1 Å². The van der Waals surface area contributed by atoms with Gasteiger partial charge in [-0.25, -0.2) is 4.79 Å². The van der Waals surface area contributed by atoms with Crippen molar-refractivity contribution in [3.05, 3.63) is 53.6 Å². The second-order valence-corrected chi connectivity index (χ2v) is 8.63. The molecular formula is C24H26F2N2O3. The fraction of sp³-hybridized carbons (Fsp3) is 0.458. The maximum absolute atomic E-state index is 12.6. The molecule has 1 unspecified atom stereocenters. The van der Waals surface area contributed by atoms with Crippen LogP contribution in [0.15, 0.2) is 42.5 Å². The van der Waals surface area contributed by atoms with Crippen LogP contribution in [0.2, 0.25) is 0 Å². The van der Waals surface area contributed by atoms with E-state index >= 15 is 0 Å². The van der Waals surface area contributed by atoms with Crippen molar-refractivity contribution >= 4 is 6.09 Å². The van der Waals surface area contributed by atoms with Crippen LogP contribution < -0.4 is 10.1 Å². The monoisotopic (exact) mass is 428 g/mol. The van der Waals surface area contributed by atoms with E-state index in [0.29, 0.717) is 5.92 Å². The number of carbonyl (C=O) groups is 1. The number of fused-ring (bicyclic) bond motifs is 4. The number of nitrogens with one attached hydrogen (secondary N) is 1. The molecular weight excluding hydrogens is 402 g/mol. The SMILES string of the molecule is O=C(NC1CCc2ccc(-c3ccc(OC(F)F)cc3)cc21)O[C@H]1CN2CCC1CC2. The first kappa shape index (κ1) is 20.2. The van der Waals surface area contributed by atoms with E-state index < -0.39 is 6.61 Å². The summed E-state index contributed by atoms with van der Waals surface area (Å²) in [5.74, 6) is 0.616. The number of carbonyl (C=O) groups excluding carboxylic acids is 1. The summed E-state index contributed by atoms with van der Waals surface area (Å²) in [5.41, 5.74) is 4.19. The average molecular weight is 428 g/mol. The number of nitrogens with zero attached hydrogens (tertiary/aromatic N) is 1. The highest BCUT2D eigenvalue weighted by molar-refractivity contribution is 5.70. The summed E-state index contributed by atoms with van der Waals surface area (Å²) in [5, 5.41) is 3.07. The second-order valence-electron chi connectivity index (χ2n) is 8.63. The number of hydrogen-bond donors (Lipinski definition) is 1. The zero-order valence-electron chi connectivity index (χ0n) is 17.2. The molecule has 6 rings (SSSR count). The smallest absolute Gasteiger partial charge is 0.407 e. The Bertz CT molecular complexity index is 942. The van der Waals surface area contributed by atoms with E-state index in [1.807, 2.05) is 6.07 Å². The molecule has 7 heteroatoms. The van der Waals surface area contributed by atoms with E-state index in [4.69, 9.17) is 4.74 Å². The number of ether oxygens (including phenoxy) is 2. The summed E-state index contributed by atoms with van der Waals surface area (Å²) in [6.07, 6.45) is 3.61. The third-order valence-electron chi connectivity index (χ3n) is 6.78. The predicted molar refractivity (Wildman–Crippen MR) is 112 cm³/mol. The molecule has 1 aliphatic carbocycles. The van der Waals surface area contributed by atoms with Crippen LogP contribution in [-0.2, 0) is 11.2 Å². The van der Waals surface area contributed by atoms with E-state index in [-0.39, 0.29) is 24.0 Å². The Morgan fingerprint density at radius 1 is 1.03 bits per heavy atom. The van der Waals surface area contributed by atoms with Gasteiger partial charge in [-0.05, 0) is 85.1 Å². The third-order valence-corrected chi connectivity index (χ3v) is 6.78. The maximum Gasteiger partial charge on any atom is 0.407 e. The second kappa shape index (κ2) is 8.46. The Kier molecular flexibility index (Phi) is 5.52. The zero-order chi connectivity index (χ0) is 21.4. The van der Waals surface area contributed by atoms with Gasteiger partial charge in [0.05, 0.1) is 6.04 Å². The highest BCUT2D eigenvalue weighted by Gasteiger charge is 2.37. The fourth-order valence-electron chi connectivity index (χ4n) is 5.12. The van der Waals surface area contributed by atoms with E-state index in [2.05, 4.69) is 27.1 Å². The number of alkyl carbamates (subject to hydrolysis) is 1. The molecule has 3 saturated heterocycles. The van der Waals surface area contributed by atoms with Crippen molar-refractivity contribution < 1.29 is 23.0 Å². The van der Waals surface area contributed by atoms with E-state index in [0.717, 1.165) is 62.0 Å². The van der Waals surface area contributed by atoms with Crippen LogP contribution in [0.4, 0.5) is 13.6 Å². The predicted octanol–water partition coefficient (Wildman–Crippen LogP) is 4.76. The van der Waals surface area contributed by atoms with Gasteiger partial charge in [-0.3, -0.25) is 4.90 Å². The van der Waals surface area contributed by atoms with E-state index in [9.17, 15) is 13.6 Å². The lowest BCUT2D eigenvalue weighted by atomic mass is 9.86. The maximum atomic E-state index is 12.6. The molecule has 0 aromatic heterocycles. The molecule has 164 valence electrons. The van der Waals surface area contributed by atoms with E-state index in [1.165, 1.54) is 17.7 Å². The number of alkyl halides is 2. The summed E-state index contributed by atoms with van der Waals surface area (Å²) < 4.78 is 34.9. The van der Waals surface area contributed by atoms with Gasteiger partial charge in [-0.2, -0.15) is 8.78 Å². The molecule has 4 aliphatic rings. The first-order valence-corrected chi connectivity index (χ1v) is 10.9. The van der Waals surface area contributed by atoms with Gasteiger partial charge in [0.2, 0.25) is 0 Å². The van der Waals surface area contributed by atoms with Crippen LogP contribution in [0, 0.1) is 5.92 Å². The molecule has 2 aromatic carbocycles. The van der Waals surface area contributed by atoms with Crippen molar-refractivity contribution in [1.82, 2.24) is 10.2 Å². The molecule has 5 nitrogen and oxygen atoms in total. The number of halogens is 2. The average Bonchev–Trinajstić information content (AvgIpc) is 3.16. The largest absolute Gasteiger partial charge is 0.445 e. The number of aryl methyl sites for hydroxylation is 1. The first-order chi connectivity index (χ1) is 15.0. The summed E-state index contributed by atoms with van der Waals surface area (Å²) in [6, 6.07) is 12.7. The molecule has 3 heterocycles. The Labute approximate surface area is 180 Å². The van der Waals surface area contributed by atoms with E-state index in [1.54, 1.807) is 12.1 Å². The molecule has 1 N–H and O–H groups in total. The van der Waals surface area contributed by atoms with Crippen LogP contribution >= 0.6 is 0 Å². The topological polar surface area (TPSA) is 50.8 Å². The first-order valence-electron chi connectivity index (χ1n) is 10.9. The van der Waals surface area contributed by atoms with Crippen molar-refractivity contribution in [3.8, 4) is 16.9 Å². The van der Waals surface area contributed by atoms with Gasteiger partial charge in [0.25, 0.3) is 0 Å². The number of amides is 1. The number of rotatable bonds is 5. The summed E-state index contributed by atoms with van der Waals surface area (Å²) in [4.78, 5) is 15.0. The molecule has 0 saturated carbocycles. The molecule has 3 aliphatic heterocycles. The molecule has 1 amide bonds. The quantitative estimate of drug-likeness (QED) is 0.746. The summed E-state index contributed by atoms with van der Waals surface area (Å²) in [7, 11) is 0. The van der Waals surface area contributed by atoms with Crippen LogP contribution in [0.5, 0.6) is 5.75 Å². The summed E-state index contributed by atoms with van der Waals surface area (Å²) in [6.45, 7) is 0.230. The van der Waals surface area contributed by atoms with Gasteiger partial charge in [-0.1, -0.05) is 24.3 Å². The minimum absolute atomic E-state index is 0.0105. The zero-order valence-corrected chi connectivity index (χ0v) is 17.2. The highest BCUT2D eigenvalue weighted by Crippen LogP contribution is 2.35. The van der Waals surface area contributed by atoms with Crippen molar-refractivity contribution in [1.29, 1.82) is 0 Å². The van der Waals surface area contributed by atoms with Crippen molar-refractivity contribution in [2.45, 2.75) is 44.4 Å². The Balaban J connectivity index is 1.26. The van der Waals surface area contributed by atoms with Crippen molar-refractivity contribution in [2.75, 3.05) is 19.6 Å². The van der Waals surface area contributed by atoms with Gasteiger partial charge < -0.3 is 14.8 Å². The normalized spacial score (nSPS) is 26.5. The standard InChI is InChI=1S/C24H26F2N2O3/c25-23(26)30-19-6-3-15(4-7-19)18-2-1-16-5-8-21(20(16)13-18)27-24(29)31-22-14-28-11-9-17(22)10-12-28/h1-4,6-7,13,17,21-23H,5,8-12,14H2,(H,27,29)/t21?,22-/m0/s1. The number of piperidine rings is 3. The summed E-state index contributed by atoms with van der Waals surface area (Å²) >= 11 is 0. The van der Waals surface area contributed by atoms with Gasteiger partial charge in [0, 0.05) is 6.54 Å². The Morgan fingerprint density at radius 2 is 1.77 bits per heavy atom. The van der Waals surface area contributed by atoms with Gasteiger partial charge >= 0.3 is 12.7 Å². The minimum atomic E-state index is -2.83. The van der Waals surface area contributed by atoms with Gasteiger partial charge in [0.1, 0.15) is 11.9 Å². The third kappa shape index (κ3) is 4.37. The highest BCUT2D eigenvalue weighted by atomic mass is 19.3. The minimum Gasteiger partial charge on any atom is -0.445 e. The Hall–Kier alpha value is -2.67. The molecule has 3 fully saturated rings. The van der Waals surface area contributed by atoms with Crippen LogP contribution in [0.3, 0.4) is 0 Å².